The van der Waals surface area contributed by atoms with Crippen LogP contribution in [-0.2, 0) is 0 Å². The molecule has 0 heterocycles. The second-order valence-corrected chi connectivity index (χ2v) is 3.24. The summed E-state index contributed by atoms with van der Waals surface area (Å²) in [5, 5.41) is 0. The molecule has 13 heavy (non-hydrogen) atoms. The van der Waals surface area contributed by atoms with Gasteiger partial charge in [0.25, 0.3) is 0 Å². The number of nitrogen functional groups attached to an aromatic ring is 1. The van der Waals surface area contributed by atoms with E-state index < -0.39 is 0 Å². The molecule has 68 valence electrons. The van der Waals surface area contributed by atoms with Crippen LogP contribution in [0.25, 0.3) is 6.08 Å². The molecule has 0 unspecified atom stereocenters. The molecule has 0 bridgehead atoms. The third-order valence-electron chi connectivity index (χ3n) is 1.97. The molecule has 0 saturated carbocycles. The van der Waals surface area contributed by atoms with Crippen molar-refractivity contribution in [3.63, 3.8) is 0 Å². The quantitative estimate of drug-likeness (QED) is 0.539. The van der Waals surface area contributed by atoms with Crippen LogP contribution in [0.1, 0.15) is 18.1 Å². The van der Waals surface area contributed by atoms with Crippen LogP contribution >= 0.6 is 0 Å². The summed E-state index contributed by atoms with van der Waals surface area (Å²) in [5.74, 6) is 0. The van der Waals surface area contributed by atoms with Crippen molar-refractivity contribution in [2.45, 2.75) is 13.8 Å². The summed E-state index contributed by atoms with van der Waals surface area (Å²) in [5.41, 5.74) is 9.93. The van der Waals surface area contributed by atoms with Gasteiger partial charge in [0.05, 0.1) is 0 Å². The number of hydrogen-bond acceptors (Lipinski definition) is 1. The Morgan fingerprint density at radius 3 is 2.77 bits per heavy atom. The SMILES string of the molecule is C=C(C)/C=C\c1cccc(N)c1C. The van der Waals surface area contributed by atoms with Gasteiger partial charge in [-0.05, 0) is 31.0 Å². The Balaban J connectivity index is 3.02. The molecule has 0 radical (unpaired) electrons. The van der Waals surface area contributed by atoms with E-state index in [0.717, 1.165) is 22.4 Å². The first kappa shape index (κ1) is 9.59. The van der Waals surface area contributed by atoms with E-state index in [1.165, 1.54) is 0 Å². The van der Waals surface area contributed by atoms with E-state index in [0.29, 0.717) is 0 Å². The summed E-state index contributed by atoms with van der Waals surface area (Å²) in [4.78, 5) is 0. The Kier molecular flexibility index (Phi) is 2.91. The maximum absolute atomic E-state index is 5.77. The average Bonchev–Trinajstić information content (AvgIpc) is 2.07. The Morgan fingerprint density at radius 1 is 1.46 bits per heavy atom. The first-order chi connectivity index (χ1) is 6.11. The van der Waals surface area contributed by atoms with Gasteiger partial charge in [0, 0.05) is 5.69 Å². The number of hydrogen-bond donors (Lipinski definition) is 1. The lowest BCUT2D eigenvalue weighted by atomic mass is 10.1. The highest BCUT2D eigenvalue weighted by atomic mass is 14.5. The number of anilines is 1. The number of rotatable bonds is 2. The van der Waals surface area contributed by atoms with E-state index in [1.807, 2.05) is 44.2 Å². The van der Waals surface area contributed by atoms with Crippen molar-refractivity contribution in [1.82, 2.24) is 0 Å². The second-order valence-electron chi connectivity index (χ2n) is 3.24. The van der Waals surface area contributed by atoms with Crippen LogP contribution in [0.4, 0.5) is 5.69 Å². The van der Waals surface area contributed by atoms with Gasteiger partial charge in [0.1, 0.15) is 0 Å². The molecule has 0 atom stereocenters. The van der Waals surface area contributed by atoms with Crippen LogP contribution in [0, 0.1) is 6.92 Å². The molecule has 2 N–H and O–H groups in total. The van der Waals surface area contributed by atoms with Crippen LogP contribution in [0.2, 0.25) is 0 Å². The van der Waals surface area contributed by atoms with E-state index >= 15 is 0 Å². The van der Waals surface area contributed by atoms with Crippen molar-refractivity contribution in [1.29, 1.82) is 0 Å². The standard InChI is InChI=1S/C12H15N/c1-9(2)7-8-11-5-4-6-12(13)10(11)3/h4-8H,1,13H2,2-3H3/b8-7-. The predicted molar refractivity (Wildman–Crippen MR) is 59.4 cm³/mol. The summed E-state index contributed by atoms with van der Waals surface area (Å²) < 4.78 is 0. The van der Waals surface area contributed by atoms with Crippen molar-refractivity contribution in [3.05, 3.63) is 47.6 Å². The van der Waals surface area contributed by atoms with E-state index in [9.17, 15) is 0 Å². The lowest BCUT2D eigenvalue weighted by Crippen LogP contribution is -1.90. The van der Waals surface area contributed by atoms with Gasteiger partial charge in [-0.25, -0.2) is 0 Å². The minimum atomic E-state index is 0.837. The second kappa shape index (κ2) is 3.94. The maximum Gasteiger partial charge on any atom is 0.0349 e. The molecule has 1 aromatic carbocycles. The van der Waals surface area contributed by atoms with E-state index in [4.69, 9.17) is 5.73 Å². The monoisotopic (exact) mass is 173 g/mol. The fourth-order valence-corrected chi connectivity index (χ4v) is 1.08. The topological polar surface area (TPSA) is 26.0 Å². The largest absolute Gasteiger partial charge is 0.398 e. The fourth-order valence-electron chi connectivity index (χ4n) is 1.08. The summed E-state index contributed by atoms with van der Waals surface area (Å²) in [6.45, 7) is 7.80. The normalized spacial score (nSPS) is 10.6. The average molecular weight is 173 g/mol. The first-order valence-corrected chi connectivity index (χ1v) is 4.30. The molecule has 0 aromatic heterocycles. The summed E-state index contributed by atoms with van der Waals surface area (Å²) in [7, 11) is 0. The minimum absolute atomic E-state index is 0.837. The van der Waals surface area contributed by atoms with Crippen molar-refractivity contribution >= 4 is 11.8 Å². The van der Waals surface area contributed by atoms with Crippen LogP contribution in [0.15, 0.2) is 36.4 Å². The number of allylic oxidation sites excluding steroid dienone is 2. The predicted octanol–water partition coefficient (Wildman–Crippen LogP) is 3.17. The van der Waals surface area contributed by atoms with Crippen LogP contribution in [0.5, 0.6) is 0 Å². The van der Waals surface area contributed by atoms with Gasteiger partial charge in [-0.15, -0.1) is 0 Å². The third-order valence-corrected chi connectivity index (χ3v) is 1.97. The molecule has 0 aliphatic heterocycles. The zero-order valence-corrected chi connectivity index (χ0v) is 8.17. The van der Waals surface area contributed by atoms with Gasteiger partial charge in [-0.1, -0.05) is 36.4 Å². The van der Waals surface area contributed by atoms with Gasteiger partial charge < -0.3 is 5.73 Å². The molecule has 1 heteroatoms. The molecular weight excluding hydrogens is 158 g/mol. The van der Waals surface area contributed by atoms with E-state index in [-0.39, 0.29) is 0 Å². The van der Waals surface area contributed by atoms with Crippen molar-refractivity contribution in [2.75, 3.05) is 5.73 Å². The number of benzene rings is 1. The molecule has 0 spiro atoms. The first-order valence-electron chi connectivity index (χ1n) is 4.30. The molecule has 1 nitrogen and oxygen atoms in total. The highest BCUT2D eigenvalue weighted by Gasteiger charge is 1.96. The van der Waals surface area contributed by atoms with Crippen LogP contribution < -0.4 is 5.73 Å². The van der Waals surface area contributed by atoms with Gasteiger partial charge in [-0.2, -0.15) is 0 Å². The third kappa shape index (κ3) is 2.48. The molecule has 1 aromatic rings. The molecule has 0 aliphatic rings. The van der Waals surface area contributed by atoms with Crippen molar-refractivity contribution in [3.8, 4) is 0 Å². The fraction of sp³-hybridized carbons (Fsp3) is 0.167. The lowest BCUT2D eigenvalue weighted by molar-refractivity contribution is 1.44. The smallest absolute Gasteiger partial charge is 0.0349 e. The van der Waals surface area contributed by atoms with Gasteiger partial charge in [0.15, 0.2) is 0 Å². The van der Waals surface area contributed by atoms with Gasteiger partial charge in [-0.3, -0.25) is 0 Å². The summed E-state index contributed by atoms with van der Waals surface area (Å²) >= 11 is 0. The summed E-state index contributed by atoms with van der Waals surface area (Å²) in [6, 6.07) is 5.92. The Labute approximate surface area is 79.6 Å². The molecule has 0 saturated heterocycles. The van der Waals surface area contributed by atoms with Crippen molar-refractivity contribution in [2.24, 2.45) is 0 Å². The molecule has 0 aliphatic carbocycles. The highest BCUT2D eigenvalue weighted by molar-refractivity contribution is 5.63. The Morgan fingerprint density at radius 2 is 2.15 bits per heavy atom. The molecule has 1 rings (SSSR count). The van der Waals surface area contributed by atoms with Crippen LogP contribution in [0.3, 0.4) is 0 Å². The molecular formula is C12H15N. The summed E-state index contributed by atoms with van der Waals surface area (Å²) in [6.07, 6.45) is 4.02. The molecule has 0 amide bonds. The van der Waals surface area contributed by atoms with E-state index in [2.05, 4.69) is 6.58 Å². The Hall–Kier alpha value is -1.50. The lowest BCUT2D eigenvalue weighted by Gasteiger charge is -2.03. The van der Waals surface area contributed by atoms with Gasteiger partial charge >= 0.3 is 0 Å². The zero-order chi connectivity index (χ0) is 9.84. The Bertz CT molecular complexity index is 348. The van der Waals surface area contributed by atoms with Crippen LogP contribution in [-0.4, -0.2) is 0 Å². The van der Waals surface area contributed by atoms with Crippen molar-refractivity contribution < 1.29 is 0 Å². The highest BCUT2D eigenvalue weighted by Crippen LogP contribution is 2.17. The van der Waals surface area contributed by atoms with E-state index in [1.54, 1.807) is 0 Å². The maximum atomic E-state index is 5.77. The van der Waals surface area contributed by atoms with Gasteiger partial charge in [0.2, 0.25) is 0 Å². The molecule has 0 fully saturated rings. The number of nitrogens with two attached hydrogens (primary N) is 1. The minimum Gasteiger partial charge on any atom is -0.398 e. The zero-order valence-electron chi connectivity index (χ0n) is 8.17.